The van der Waals surface area contributed by atoms with Crippen molar-refractivity contribution in [2.24, 2.45) is 0 Å². The quantitative estimate of drug-likeness (QED) is 0.914. The van der Waals surface area contributed by atoms with Gasteiger partial charge in [-0.25, -0.2) is 4.98 Å². The third-order valence-corrected chi connectivity index (χ3v) is 3.82. The molecule has 1 aliphatic rings. The number of imidazole rings is 1. The van der Waals surface area contributed by atoms with Crippen molar-refractivity contribution in [2.45, 2.75) is 38.9 Å². The maximum absolute atomic E-state index is 12.3. The van der Waals surface area contributed by atoms with Gasteiger partial charge in [0, 0.05) is 12.4 Å². The molecule has 0 aromatic carbocycles. The van der Waals surface area contributed by atoms with Crippen LogP contribution in [-0.4, -0.2) is 38.2 Å². The van der Waals surface area contributed by atoms with Gasteiger partial charge in [0.05, 0.1) is 12.2 Å². The van der Waals surface area contributed by atoms with Gasteiger partial charge in [0.25, 0.3) is 0 Å². The molecule has 6 nitrogen and oxygen atoms in total. The van der Waals surface area contributed by atoms with Crippen LogP contribution in [0.15, 0.2) is 30.6 Å². The number of carbonyl (C=O) groups is 2. The Morgan fingerprint density at radius 1 is 1.33 bits per heavy atom. The van der Waals surface area contributed by atoms with E-state index in [9.17, 15) is 9.59 Å². The normalized spacial score (nSPS) is 22.7. The summed E-state index contributed by atoms with van der Waals surface area (Å²) >= 11 is 0. The molecule has 1 aliphatic heterocycles. The fraction of sp³-hybridized carbons (Fsp3) is 0.400. The van der Waals surface area contributed by atoms with Crippen LogP contribution in [0, 0.1) is 0 Å². The second-order valence-electron chi connectivity index (χ2n) is 5.32. The van der Waals surface area contributed by atoms with Gasteiger partial charge in [-0.1, -0.05) is 13.0 Å². The van der Waals surface area contributed by atoms with Crippen molar-refractivity contribution in [1.82, 2.24) is 19.6 Å². The molecule has 2 atom stereocenters. The van der Waals surface area contributed by atoms with Crippen molar-refractivity contribution in [2.75, 3.05) is 0 Å². The topological polar surface area (TPSA) is 66.7 Å². The van der Waals surface area contributed by atoms with E-state index in [0.29, 0.717) is 13.0 Å². The van der Waals surface area contributed by atoms with Crippen LogP contribution in [0.4, 0.5) is 0 Å². The number of aromatic nitrogens is 2. The summed E-state index contributed by atoms with van der Waals surface area (Å²) in [5.74, 6) is -0.146. The second kappa shape index (κ2) is 5.20. The van der Waals surface area contributed by atoms with Crippen LogP contribution in [0.3, 0.4) is 0 Å². The molecule has 2 amide bonds. The smallest absolute Gasteiger partial charge is 0.245 e. The zero-order chi connectivity index (χ0) is 15.0. The number of piperazine rings is 1. The Bertz CT molecular complexity index is 661. The zero-order valence-corrected chi connectivity index (χ0v) is 12.1. The number of nitrogens with zero attached hydrogens (tertiary/aromatic N) is 3. The minimum absolute atomic E-state index is 0.0569. The number of amides is 2. The summed E-state index contributed by atoms with van der Waals surface area (Å²) in [4.78, 5) is 30.5. The van der Waals surface area contributed by atoms with Crippen molar-refractivity contribution in [3.8, 4) is 0 Å². The summed E-state index contributed by atoms with van der Waals surface area (Å²) in [7, 11) is 0. The fourth-order valence-electron chi connectivity index (χ4n) is 2.75. The molecule has 3 heterocycles. The van der Waals surface area contributed by atoms with Crippen LogP contribution in [0.25, 0.3) is 5.65 Å². The van der Waals surface area contributed by atoms with Crippen molar-refractivity contribution < 1.29 is 9.59 Å². The highest BCUT2D eigenvalue weighted by Gasteiger charge is 2.37. The Balaban J connectivity index is 1.89. The van der Waals surface area contributed by atoms with Crippen LogP contribution >= 0.6 is 0 Å². The van der Waals surface area contributed by atoms with Crippen LogP contribution in [0.2, 0.25) is 0 Å². The minimum Gasteiger partial charge on any atom is -0.343 e. The van der Waals surface area contributed by atoms with E-state index in [0.717, 1.165) is 11.3 Å². The van der Waals surface area contributed by atoms with Gasteiger partial charge in [-0.3, -0.25) is 9.59 Å². The molecule has 1 saturated heterocycles. The van der Waals surface area contributed by atoms with Gasteiger partial charge in [-0.05, 0) is 25.5 Å². The van der Waals surface area contributed by atoms with Gasteiger partial charge in [-0.15, -0.1) is 0 Å². The van der Waals surface area contributed by atoms with Crippen molar-refractivity contribution in [1.29, 1.82) is 0 Å². The van der Waals surface area contributed by atoms with E-state index in [1.807, 2.05) is 41.9 Å². The first-order valence-electron chi connectivity index (χ1n) is 7.13. The number of hydrogen-bond acceptors (Lipinski definition) is 3. The second-order valence-corrected chi connectivity index (χ2v) is 5.32. The van der Waals surface area contributed by atoms with E-state index < -0.39 is 12.1 Å². The molecule has 2 unspecified atom stereocenters. The Morgan fingerprint density at radius 2 is 2.14 bits per heavy atom. The lowest BCUT2D eigenvalue weighted by Crippen LogP contribution is -2.61. The van der Waals surface area contributed by atoms with Gasteiger partial charge >= 0.3 is 0 Å². The lowest BCUT2D eigenvalue weighted by Gasteiger charge is -2.37. The number of fused-ring (bicyclic) bond motifs is 1. The summed E-state index contributed by atoms with van der Waals surface area (Å²) in [6.45, 7) is 3.98. The predicted molar refractivity (Wildman–Crippen MR) is 77.4 cm³/mol. The molecule has 1 fully saturated rings. The molecule has 110 valence electrons. The predicted octanol–water partition coefficient (Wildman–Crippen LogP) is 0.960. The molecule has 2 aromatic heterocycles. The van der Waals surface area contributed by atoms with Crippen molar-refractivity contribution in [3.05, 3.63) is 36.3 Å². The maximum atomic E-state index is 12.3. The summed E-state index contributed by atoms with van der Waals surface area (Å²) in [6, 6.07) is 4.86. The molecular weight excluding hydrogens is 268 g/mol. The van der Waals surface area contributed by atoms with Gasteiger partial charge < -0.3 is 14.6 Å². The fourth-order valence-corrected chi connectivity index (χ4v) is 2.75. The Hall–Kier alpha value is -2.37. The Labute approximate surface area is 122 Å². The maximum Gasteiger partial charge on any atom is 0.245 e. The molecule has 0 bridgehead atoms. The van der Waals surface area contributed by atoms with E-state index >= 15 is 0 Å². The first kappa shape index (κ1) is 13.6. The molecule has 0 radical (unpaired) electrons. The summed E-state index contributed by atoms with van der Waals surface area (Å²) in [5, 5.41) is 2.72. The largest absolute Gasteiger partial charge is 0.343 e. The monoisotopic (exact) mass is 286 g/mol. The van der Waals surface area contributed by atoms with Crippen LogP contribution in [-0.2, 0) is 16.1 Å². The first-order chi connectivity index (χ1) is 10.1. The number of pyridine rings is 1. The lowest BCUT2D eigenvalue weighted by atomic mass is 10.1. The molecule has 0 spiro atoms. The lowest BCUT2D eigenvalue weighted by molar-refractivity contribution is -0.149. The van der Waals surface area contributed by atoms with E-state index in [-0.39, 0.29) is 11.8 Å². The molecule has 21 heavy (non-hydrogen) atoms. The van der Waals surface area contributed by atoms with Crippen LogP contribution in [0.1, 0.15) is 26.0 Å². The van der Waals surface area contributed by atoms with Gasteiger partial charge in [-0.2, -0.15) is 0 Å². The average molecular weight is 286 g/mol. The van der Waals surface area contributed by atoms with E-state index in [1.165, 1.54) is 0 Å². The number of hydrogen-bond donors (Lipinski definition) is 1. The first-order valence-corrected chi connectivity index (χ1v) is 7.13. The highest BCUT2D eigenvalue weighted by atomic mass is 16.2. The molecule has 3 rings (SSSR count). The van der Waals surface area contributed by atoms with Gasteiger partial charge in [0.2, 0.25) is 11.8 Å². The zero-order valence-electron chi connectivity index (χ0n) is 12.1. The molecule has 1 N–H and O–H groups in total. The van der Waals surface area contributed by atoms with Gasteiger partial charge in [0.1, 0.15) is 17.7 Å². The molecule has 6 heteroatoms. The van der Waals surface area contributed by atoms with Crippen LogP contribution < -0.4 is 5.32 Å². The summed E-state index contributed by atoms with van der Waals surface area (Å²) < 4.78 is 1.91. The molecule has 0 aliphatic carbocycles. The Morgan fingerprint density at radius 3 is 2.86 bits per heavy atom. The Kier molecular flexibility index (Phi) is 3.37. The number of rotatable bonds is 3. The minimum atomic E-state index is -0.475. The molecule has 2 aromatic rings. The summed E-state index contributed by atoms with van der Waals surface area (Å²) in [5.41, 5.74) is 1.62. The molecule has 0 saturated carbocycles. The van der Waals surface area contributed by atoms with E-state index in [4.69, 9.17) is 0 Å². The van der Waals surface area contributed by atoms with Gasteiger partial charge in [0.15, 0.2) is 0 Å². The third-order valence-electron chi connectivity index (χ3n) is 3.82. The number of nitrogens with one attached hydrogen (secondary N) is 1. The standard InChI is InChI=1S/C15H18N4O2/c1-3-12-14(20)16-10(2)15(21)19(12)9-11-8-18-7-5-4-6-13(18)17-11/h4-8,10,12H,3,9H2,1-2H3,(H,16,20). The van der Waals surface area contributed by atoms with E-state index in [2.05, 4.69) is 10.3 Å². The van der Waals surface area contributed by atoms with Crippen molar-refractivity contribution in [3.63, 3.8) is 0 Å². The highest BCUT2D eigenvalue weighted by molar-refractivity contribution is 5.96. The highest BCUT2D eigenvalue weighted by Crippen LogP contribution is 2.17. The van der Waals surface area contributed by atoms with E-state index in [1.54, 1.807) is 11.8 Å². The summed E-state index contributed by atoms with van der Waals surface area (Å²) in [6.07, 6.45) is 4.40. The SMILES string of the molecule is CCC1C(=O)NC(C)C(=O)N1Cc1cn2ccccc2n1. The third kappa shape index (κ3) is 2.37. The van der Waals surface area contributed by atoms with Crippen molar-refractivity contribution >= 4 is 17.5 Å². The number of carbonyl (C=O) groups excluding carboxylic acids is 2. The average Bonchev–Trinajstić information content (AvgIpc) is 2.87. The molecular formula is C15H18N4O2. The van der Waals surface area contributed by atoms with Crippen LogP contribution in [0.5, 0.6) is 0 Å².